The number of amides is 1. The van der Waals surface area contributed by atoms with Crippen LogP contribution in [0, 0.1) is 6.92 Å². The number of nitrogens with zero attached hydrogens (tertiary/aromatic N) is 3. The summed E-state index contributed by atoms with van der Waals surface area (Å²) >= 11 is 1.43. The average Bonchev–Trinajstić information content (AvgIpc) is 2.92. The molecule has 0 aliphatic carbocycles. The number of carbonyl (C=O) groups is 1. The van der Waals surface area contributed by atoms with E-state index >= 15 is 0 Å². The van der Waals surface area contributed by atoms with Crippen molar-refractivity contribution in [3.05, 3.63) is 36.0 Å². The number of aromatic amines is 1. The zero-order valence-corrected chi connectivity index (χ0v) is 13.1. The Labute approximate surface area is 128 Å². The lowest BCUT2D eigenvalue weighted by Crippen LogP contribution is -2.34. The molecule has 0 spiro atoms. The molecular weight excluding hydrogens is 286 g/mol. The normalized spacial score (nSPS) is 13.7. The molecule has 0 fully saturated rings. The van der Waals surface area contributed by atoms with Gasteiger partial charge in [-0.25, -0.2) is 9.97 Å². The van der Waals surface area contributed by atoms with Crippen molar-refractivity contribution in [2.75, 3.05) is 0 Å². The highest BCUT2D eigenvalue weighted by Gasteiger charge is 2.21. The van der Waals surface area contributed by atoms with E-state index in [1.54, 1.807) is 6.20 Å². The predicted octanol–water partition coefficient (Wildman–Crippen LogP) is 2.26. The van der Waals surface area contributed by atoms with Gasteiger partial charge in [0.25, 0.3) is 0 Å². The van der Waals surface area contributed by atoms with Gasteiger partial charge in [0.2, 0.25) is 5.91 Å². The van der Waals surface area contributed by atoms with E-state index in [1.807, 2.05) is 39.0 Å². The predicted molar refractivity (Wildman–Crippen MR) is 81.9 cm³/mol. The van der Waals surface area contributed by atoms with Crippen LogP contribution in [0.15, 0.2) is 29.4 Å². The molecule has 0 saturated heterocycles. The molecule has 0 unspecified atom stereocenters. The van der Waals surface area contributed by atoms with Gasteiger partial charge in [-0.3, -0.25) is 9.89 Å². The third-order valence-corrected chi connectivity index (χ3v) is 4.01. The third-order valence-electron chi connectivity index (χ3n) is 2.96. The Bertz CT molecular complexity index is 586. The summed E-state index contributed by atoms with van der Waals surface area (Å²) in [6.07, 6.45) is 2.46. The van der Waals surface area contributed by atoms with Crippen LogP contribution in [0.2, 0.25) is 0 Å². The van der Waals surface area contributed by atoms with Crippen LogP contribution in [0.1, 0.15) is 38.0 Å². The second kappa shape index (κ2) is 7.21. The van der Waals surface area contributed by atoms with E-state index in [9.17, 15) is 4.79 Å². The molecule has 2 N–H and O–H groups in total. The minimum absolute atomic E-state index is 0.0417. The molecule has 7 heteroatoms. The fourth-order valence-electron chi connectivity index (χ4n) is 1.81. The molecule has 2 rings (SSSR count). The summed E-state index contributed by atoms with van der Waals surface area (Å²) in [5.41, 5.74) is 0. The van der Waals surface area contributed by atoms with Crippen LogP contribution in [0.4, 0.5) is 0 Å². The monoisotopic (exact) mass is 305 g/mol. The first-order chi connectivity index (χ1) is 10.1. The van der Waals surface area contributed by atoms with E-state index in [0.29, 0.717) is 5.82 Å². The standard InChI is InChI=1S/C14H19N5OS/c1-4-11(13-16-10(3)18-19-13)17-14(20)9(2)21-12-7-5-6-8-15-12/h5-9,11H,4H2,1-3H3,(H,17,20)(H,16,18,19)/t9-,11-/m1/s1. The number of carbonyl (C=O) groups excluding carboxylic acids is 1. The number of aromatic nitrogens is 4. The molecule has 2 atom stereocenters. The van der Waals surface area contributed by atoms with Crippen molar-refractivity contribution in [1.29, 1.82) is 0 Å². The molecule has 2 heterocycles. The summed E-state index contributed by atoms with van der Waals surface area (Å²) in [4.78, 5) is 20.8. The Hall–Kier alpha value is -1.89. The molecule has 0 saturated carbocycles. The van der Waals surface area contributed by atoms with Crippen molar-refractivity contribution >= 4 is 17.7 Å². The maximum Gasteiger partial charge on any atom is 0.233 e. The van der Waals surface area contributed by atoms with E-state index in [2.05, 4.69) is 25.5 Å². The van der Waals surface area contributed by atoms with Crippen molar-refractivity contribution in [1.82, 2.24) is 25.5 Å². The van der Waals surface area contributed by atoms with Crippen LogP contribution >= 0.6 is 11.8 Å². The highest BCUT2D eigenvalue weighted by Crippen LogP contribution is 2.21. The Kier molecular flexibility index (Phi) is 5.32. The number of hydrogen-bond donors (Lipinski definition) is 2. The van der Waals surface area contributed by atoms with Gasteiger partial charge in [-0.1, -0.05) is 24.8 Å². The van der Waals surface area contributed by atoms with Crippen LogP contribution in [-0.4, -0.2) is 31.3 Å². The highest BCUT2D eigenvalue weighted by molar-refractivity contribution is 8.00. The van der Waals surface area contributed by atoms with Crippen LogP contribution in [0.3, 0.4) is 0 Å². The van der Waals surface area contributed by atoms with Gasteiger partial charge in [-0.05, 0) is 32.4 Å². The number of aryl methyl sites for hydroxylation is 1. The number of rotatable bonds is 6. The Morgan fingerprint density at radius 1 is 1.48 bits per heavy atom. The minimum Gasteiger partial charge on any atom is -0.345 e. The second-order valence-corrected chi connectivity index (χ2v) is 6.04. The van der Waals surface area contributed by atoms with Gasteiger partial charge in [-0.15, -0.1) is 0 Å². The topological polar surface area (TPSA) is 83.6 Å². The lowest BCUT2D eigenvalue weighted by Gasteiger charge is -2.17. The SMILES string of the molecule is CC[C@@H](NC(=O)[C@@H](C)Sc1ccccn1)c1n[nH]c(C)n1. The molecular formula is C14H19N5OS. The van der Waals surface area contributed by atoms with Gasteiger partial charge in [0, 0.05) is 6.20 Å². The quantitative estimate of drug-likeness (QED) is 0.800. The van der Waals surface area contributed by atoms with Crippen molar-refractivity contribution in [2.24, 2.45) is 0 Å². The largest absolute Gasteiger partial charge is 0.345 e. The van der Waals surface area contributed by atoms with Crippen LogP contribution in [0.25, 0.3) is 0 Å². The van der Waals surface area contributed by atoms with Crippen LogP contribution < -0.4 is 5.32 Å². The molecule has 0 aliphatic rings. The molecule has 0 radical (unpaired) electrons. The number of pyridine rings is 1. The first kappa shape index (κ1) is 15.5. The molecule has 6 nitrogen and oxygen atoms in total. The molecule has 21 heavy (non-hydrogen) atoms. The average molecular weight is 305 g/mol. The summed E-state index contributed by atoms with van der Waals surface area (Å²) in [5, 5.41) is 10.5. The lowest BCUT2D eigenvalue weighted by atomic mass is 10.2. The number of hydrogen-bond acceptors (Lipinski definition) is 5. The summed E-state index contributed by atoms with van der Waals surface area (Å²) < 4.78 is 0. The fraction of sp³-hybridized carbons (Fsp3) is 0.429. The van der Waals surface area contributed by atoms with E-state index in [4.69, 9.17) is 0 Å². The van der Waals surface area contributed by atoms with E-state index < -0.39 is 0 Å². The van der Waals surface area contributed by atoms with Crippen molar-refractivity contribution in [3.8, 4) is 0 Å². The van der Waals surface area contributed by atoms with Crippen molar-refractivity contribution < 1.29 is 4.79 Å². The van der Waals surface area contributed by atoms with Gasteiger partial charge in [0.05, 0.1) is 16.3 Å². The molecule has 2 aromatic rings. The number of H-pyrrole nitrogens is 1. The smallest absolute Gasteiger partial charge is 0.233 e. The van der Waals surface area contributed by atoms with Gasteiger partial charge < -0.3 is 5.32 Å². The highest BCUT2D eigenvalue weighted by atomic mass is 32.2. The summed E-state index contributed by atoms with van der Waals surface area (Å²) in [6.45, 7) is 5.70. The van der Waals surface area contributed by atoms with E-state index in [-0.39, 0.29) is 17.2 Å². The maximum absolute atomic E-state index is 12.3. The van der Waals surface area contributed by atoms with E-state index in [0.717, 1.165) is 17.3 Å². The molecule has 1 amide bonds. The van der Waals surface area contributed by atoms with Crippen LogP contribution in [-0.2, 0) is 4.79 Å². The Balaban J connectivity index is 1.96. The zero-order valence-electron chi connectivity index (χ0n) is 12.3. The summed E-state index contributed by atoms with van der Waals surface area (Å²) in [7, 11) is 0. The molecule has 112 valence electrons. The first-order valence-corrected chi connectivity index (χ1v) is 7.75. The van der Waals surface area contributed by atoms with Gasteiger partial charge in [-0.2, -0.15) is 5.10 Å². The third kappa shape index (κ3) is 4.29. The van der Waals surface area contributed by atoms with Gasteiger partial charge in [0.15, 0.2) is 5.82 Å². The van der Waals surface area contributed by atoms with E-state index in [1.165, 1.54) is 11.8 Å². The van der Waals surface area contributed by atoms with Crippen molar-refractivity contribution in [2.45, 2.75) is 43.5 Å². The Morgan fingerprint density at radius 3 is 2.86 bits per heavy atom. The first-order valence-electron chi connectivity index (χ1n) is 6.87. The lowest BCUT2D eigenvalue weighted by molar-refractivity contribution is -0.121. The number of thioether (sulfide) groups is 1. The Morgan fingerprint density at radius 2 is 2.29 bits per heavy atom. The molecule has 0 aromatic carbocycles. The van der Waals surface area contributed by atoms with Crippen molar-refractivity contribution in [3.63, 3.8) is 0 Å². The fourth-order valence-corrected chi connectivity index (χ4v) is 2.62. The zero-order chi connectivity index (χ0) is 15.2. The molecule has 2 aromatic heterocycles. The minimum atomic E-state index is -0.228. The van der Waals surface area contributed by atoms with Gasteiger partial charge in [0.1, 0.15) is 5.82 Å². The molecule has 0 bridgehead atoms. The molecule has 0 aliphatic heterocycles. The summed E-state index contributed by atoms with van der Waals surface area (Å²) in [5.74, 6) is 1.33. The number of nitrogens with one attached hydrogen (secondary N) is 2. The summed E-state index contributed by atoms with van der Waals surface area (Å²) in [6, 6.07) is 5.48. The second-order valence-electron chi connectivity index (χ2n) is 4.68. The maximum atomic E-state index is 12.3. The van der Waals surface area contributed by atoms with Crippen LogP contribution in [0.5, 0.6) is 0 Å². The van der Waals surface area contributed by atoms with Gasteiger partial charge >= 0.3 is 0 Å².